The fourth-order valence-electron chi connectivity index (χ4n) is 8.51. The molecule has 4 aliphatic rings. The molecule has 2 aliphatic carbocycles. The molecule has 3 aromatic carbocycles. The van der Waals surface area contributed by atoms with Gasteiger partial charge in [0, 0.05) is 16.0 Å². The molecule has 0 spiro atoms. The summed E-state index contributed by atoms with van der Waals surface area (Å²) >= 11 is 2.43. The summed E-state index contributed by atoms with van der Waals surface area (Å²) in [5.41, 5.74) is -2.29. The van der Waals surface area contributed by atoms with Crippen molar-refractivity contribution in [3.05, 3.63) is 104 Å². The Bertz CT molecular complexity index is 2150. The number of thioether (sulfide) groups is 1. The zero-order valence-corrected chi connectivity index (χ0v) is 27.6. The number of benzene rings is 3. The van der Waals surface area contributed by atoms with Crippen LogP contribution in [0.15, 0.2) is 82.6 Å². The summed E-state index contributed by atoms with van der Waals surface area (Å²) in [5.74, 6) is -5.00. The Morgan fingerprint density at radius 1 is 0.863 bits per heavy atom. The second-order valence-electron chi connectivity index (χ2n) is 12.9. The largest absolute Gasteiger partial charge is 0.484 e. The molecule has 3 fully saturated rings. The van der Waals surface area contributed by atoms with Crippen molar-refractivity contribution in [3.63, 3.8) is 0 Å². The minimum atomic E-state index is -4.79. The lowest BCUT2D eigenvalue weighted by Crippen LogP contribution is -2.42. The Labute approximate surface area is 293 Å². The minimum Gasteiger partial charge on any atom is -0.484 e. The van der Waals surface area contributed by atoms with Crippen molar-refractivity contribution >= 4 is 52.2 Å². The van der Waals surface area contributed by atoms with Crippen molar-refractivity contribution in [2.45, 2.75) is 35.0 Å². The standard InChI is InChI=1S/C35H25F6N3O5S2/c36-34(37,38)19-8-1-3-10-21(19)42-23(45)14-49-16-7-5-6-15(12-16)24-25-17-13-18(28(25)50-30-29(24)51-33(48)43-30)27-26(17)31(46)44(32(27)47)22-11-4-2-9-20(22)35(39,40)41/h1-12,17-18,24-28H,13-14H2,(H,42,45)(H,43,48)/t17?,18?,24-,25?,26?,27?,28?/m1/s1. The van der Waals surface area contributed by atoms with Crippen molar-refractivity contribution < 1.29 is 45.5 Å². The van der Waals surface area contributed by atoms with Crippen LogP contribution in [0.2, 0.25) is 0 Å². The lowest BCUT2D eigenvalue weighted by molar-refractivity contribution is -0.138. The SMILES string of the molecule is O=C(COc1cccc([C@H]2c3sc(=O)[nH]c3SC3C4CC(C5C(=O)N(c6ccccc6C(F)(F)F)C(=O)C45)C32)c1)Nc1ccccc1C(F)(F)F. The van der Waals surface area contributed by atoms with Gasteiger partial charge in [0.25, 0.3) is 5.91 Å². The number of halogens is 6. The first-order chi connectivity index (χ1) is 24.2. The quantitative estimate of drug-likeness (QED) is 0.160. The van der Waals surface area contributed by atoms with Crippen LogP contribution in [0.5, 0.6) is 5.75 Å². The van der Waals surface area contributed by atoms with Gasteiger partial charge < -0.3 is 15.0 Å². The lowest BCUT2D eigenvalue weighted by atomic mass is 9.68. The number of thiazole rings is 1. The normalized spacial score (nSPS) is 26.5. The highest BCUT2D eigenvalue weighted by Gasteiger charge is 2.70. The Morgan fingerprint density at radius 2 is 1.53 bits per heavy atom. The van der Waals surface area contributed by atoms with Crippen molar-refractivity contribution in [2.75, 3.05) is 16.8 Å². The van der Waals surface area contributed by atoms with Gasteiger partial charge in [-0.15, -0.1) is 11.8 Å². The topological polar surface area (TPSA) is 109 Å². The minimum absolute atomic E-state index is 0.231. The third-order valence-corrected chi connectivity index (χ3v) is 12.9. The van der Waals surface area contributed by atoms with E-state index >= 15 is 0 Å². The molecule has 2 saturated carbocycles. The fourth-order valence-corrected chi connectivity index (χ4v) is 11.4. The summed E-state index contributed by atoms with van der Waals surface area (Å²) in [7, 11) is 0. The Kier molecular flexibility index (Phi) is 7.90. The summed E-state index contributed by atoms with van der Waals surface area (Å²) in [6.07, 6.45) is -8.96. The summed E-state index contributed by atoms with van der Waals surface area (Å²) < 4.78 is 87.9. The van der Waals surface area contributed by atoms with E-state index in [1.54, 1.807) is 24.3 Å². The number of nitrogens with one attached hydrogen (secondary N) is 2. The molecular weight excluding hydrogens is 721 g/mol. The molecule has 2 aliphatic heterocycles. The van der Waals surface area contributed by atoms with Crippen LogP contribution < -0.4 is 19.8 Å². The van der Waals surface area contributed by atoms with E-state index in [2.05, 4.69) is 10.3 Å². The molecule has 1 aromatic heterocycles. The molecular formula is C35H25F6N3O5S2. The number of anilines is 2. The van der Waals surface area contributed by atoms with E-state index < -0.39 is 76.9 Å². The third-order valence-electron chi connectivity index (χ3n) is 10.3. The first-order valence-electron chi connectivity index (χ1n) is 15.8. The van der Waals surface area contributed by atoms with Gasteiger partial charge in [-0.2, -0.15) is 26.3 Å². The fraction of sp³-hybridized carbons (Fsp3) is 0.314. The van der Waals surface area contributed by atoms with Crippen molar-refractivity contribution in [1.82, 2.24) is 4.98 Å². The van der Waals surface area contributed by atoms with Crippen LogP contribution in [0, 0.1) is 29.6 Å². The molecule has 51 heavy (non-hydrogen) atoms. The van der Waals surface area contributed by atoms with Gasteiger partial charge in [-0.1, -0.05) is 47.7 Å². The van der Waals surface area contributed by atoms with Crippen LogP contribution in [0.25, 0.3) is 0 Å². The van der Waals surface area contributed by atoms with E-state index in [-0.39, 0.29) is 33.6 Å². The van der Waals surface area contributed by atoms with E-state index in [1.165, 1.54) is 36.0 Å². The van der Waals surface area contributed by atoms with E-state index in [9.17, 15) is 45.5 Å². The number of para-hydroxylation sites is 2. The smallest absolute Gasteiger partial charge is 0.418 e. The monoisotopic (exact) mass is 745 g/mol. The average molecular weight is 746 g/mol. The highest BCUT2D eigenvalue weighted by atomic mass is 32.2. The van der Waals surface area contributed by atoms with E-state index in [1.807, 2.05) is 0 Å². The maximum atomic E-state index is 14.0. The van der Waals surface area contributed by atoms with Gasteiger partial charge in [-0.3, -0.25) is 19.2 Å². The second kappa shape index (κ2) is 12.0. The molecule has 0 radical (unpaired) electrons. The molecule has 8 nitrogen and oxygen atoms in total. The van der Waals surface area contributed by atoms with E-state index in [0.29, 0.717) is 26.8 Å². The summed E-state index contributed by atoms with van der Waals surface area (Å²) in [5, 5.41) is 2.61. The molecule has 264 valence electrons. The van der Waals surface area contributed by atoms with Crippen LogP contribution in [0.3, 0.4) is 0 Å². The number of amides is 3. The molecule has 6 unspecified atom stereocenters. The molecule has 8 rings (SSSR count). The maximum Gasteiger partial charge on any atom is 0.418 e. The van der Waals surface area contributed by atoms with Crippen LogP contribution in [-0.4, -0.2) is 34.6 Å². The number of imide groups is 1. The van der Waals surface area contributed by atoms with Crippen LogP contribution in [0.4, 0.5) is 37.7 Å². The number of aromatic nitrogens is 1. The number of H-pyrrole nitrogens is 1. The molecule has 16 heteroatoms. The van der Waals surface area contributed by atoms with Gasteiger partial charge >= 0.3 is 17.2 Å². The number of nitrogens with zero attached hydrogens (tertiary/aromatic N) is 1. The average Bonchev–Trinajstić information content (AvgIpc) is 3.82. The van der Waals surface area contributed by atoms with Gasteiger partial charge in [0.05, 0.1) is 39.4 Å². The second-order valence-corrected chi connectivity index (χ2v) is 15.1. The number of fused-ring (bicyclic) bond motifs is 9. The first-order valence-corrected chi connectivity index (χ1v) is 17.5. The Hall–Kier alpha value is -4.57. The summed E-state index contributed by atoms with van der Waals surface area (Å²) in [6.45, 7) is -0.606. The van der Waals surface area contributed by atoms with E-state index in [0.717, 1.165) is 35.6 Å². The highest BCUT2D eigenvalue weighted by Crippen LogP contribution is 2.69. The first kappa shape index (κ1) is 33.6. The van der Waals surface area contributed by atoms with Gasteiger partial charge in [-0.05, 0) is 66.1 Å². The van der Waals surface area contributed by atoms with Gasteiger partial charge in [0.2, 0.25) is 11.8 Å². The molecule has 2 N–H and O–H groups in total. The number of hydrogen-bond acceptors (Lipinski definition) is 7. The van der Waals surface area contributed by atoms with Crippen LogP contribution >= 0.6 is 23.1 Å². The third kappa shape index (κ3) is 5.53. The number of hydrogen-bond donors (Lipinski definition) is 2. The summed E-state index contributed by atoms with van der Waals surface area (Å²) in [4.78, 5) is 57.1. The lowest BCUT2D eigenvalue weighted by Gasteiger charge is -2.43. The van der Waals surface area contributed by atoms with Crippen molar-refractivity contribution in [2.24, 2.45) is 29.6 Å². The molecule has 4 aromatic rings. The van der Waals surface area contributed by atoms with Crippen LogP contribution in [-0.2, 0) is 26.7 Å². The maximum absolute atomic E-state index is 14.0. The number of aromatic amines is 1. The predicted octanol–water partition coefficient (Wildman–Crippen LogP) is 7.17. The Balaban J connectivity index is 1.08. The Morgan fingerprint density at radius 3 is 2.25 bits per heavy atom. The van der Waals surface area contributed by atoms with Gasteiger partial charge in [0.15, 0.2) is 6.61 Å². The van der Waals surface area contributed by atoms with Crippen molar-refractivity contribution in [1.29, 1.82) is 0 Å². The highest BCUT2D eigenvalue weighted by molar-refractivity contribution is 8.00. The number of rotatable bonds is 6. The molecule has 1 saturated heterocycles. The zero-order valence-electron chi connectivity index (χ0n) is 26.0. The predicted molar refractivity (Wildman–Crippen MR) is 174 cm³/mol. The molecule has 7 atom stereocenters. The molecule has 2 bridgehead atoms. The number of alkyl halides is 6. The molecule has 3 amide bonds. The number of ether oxygens (including phenoxy) is 1. The summed E-state index contributed by atoms with van der Waals surface area (Å²) in [6, 6.07) is 15.8. The van der Waals surface area contributed by atoms with E-state index in [4.69, 9.17) is 4.74 Å². The number of carbonyl (C=O) groups is 3. The van der Waals surface area contributed by atoms with Gasteiger partial charge in [0.1, 0.15) is 5.75 Å². The van der Waals surface area contributed by atoms with Crippen LogP contribution in [0.1, 0.15) is 33.9 Å². The van der Waals surface area contributed by atoms with Crippen molar-refractivity contribution in [3.8, 4) is 5.75 Å². The number of carbonyl (C=O) groups excluding carboxylic acids is 3. The molecule has 3 heterocycles. The zero-order chi connectivity index (χ0) is 36.0. The van der Waals surface area contributed by atoms with Gasteiger partial charge in [-0.25, -0.2) is 4.90 Å².